The van der Waals surface area contributed by atoms with Crippen molar-refractivity contribution in [3.8, 4) is 0 Å². The van der Waals surface area contributed by atoms with Gasteiger partial charge in [0.1, 0.15) is 0 Å². The quantitative estimate of drug-likeness (QED) is 0.770. The zero-order valence-electron chi connectivity index (χ0n) is 10.9. The molecule has 1 saturated heterocycles. The van der Waals surface area contributed by atoms with Crippen LogP contribution in [0.3, 0.4) is 0 Å². The Morgan fingerprint density at radius 2 is 2.06 bits per heavy atom. The van der Waals surface area contributed by atoms with Crippen LogP contribution in [0.15, 0.2) is 0 Å². The van der Waals surface area contributed by atoms with Crippen LogP contribution in [0.1, 0.15) is 45.4 Å². The summed E-state index contributed by atoms with van der Waals surface area (Å²) < 4.78 is 0. The summed E-state index contributed by atoms with van der Waals surface area (Å²) in [6, 6.07) is 0.181. The second-order valence-corrected chi connectivity index (χ2v) is 6.90. The van der Waals surface area contributed by atoms with Gasteiger partial charge in [-0.15, -0.1) is 11.8 Å². The van der Waals surface area contributed by atoms with E-state index in [0.717, 1.165) is 32.1 Å². The molecule has 1 aliphatic heterocycles. The van der Waals surface area contributed by atoms with E-state index in [0.29, 0.717) is 18.2 Å². The number of amides is 2. The maximum atomic E-state index is 12.3. The molecule has 2 aliphatic rings. The number of nitrogens with zero attached hydrogens (tertiary/aromatic N) is 1. The molecule has 18 heavy (non-hydrogen) atoms. The molecule has 102 valence electrons. The third-order valence-electron chi connectivity index (χ3n) is 3.80. The molecule has 2 unspecified atom stereocenters. The molecule has 0 aromatic rings. The van der Waals surface area contributed by atoms with E-state index in [1.807, 2.05) is 0 Å². The van der Waals surface area contributed by atoms with Crippen molar-refractivity contribution in [2.24, 2.45) is 5.73 Å². The van der Waals surface area contributed by atoms with Gasteiger partial charge in [0.15, 0.2) is 0 Å². The number of carbonyl (C=O) groups is 2. The summed E-state index contributed by atoms with van der Waals surface area (Å²) >= 11 is 1.61. The molecule has 5 heteroatoms. The summed E-state index contributed by atoms with van der Waals surface area (Å²) in [7, 11) is 0. The normalized spacial score (nSPS) is 27.2. The predicted molar refractivity (Wildman–Crippen MR) is 73.2 cm³/mol. The van der Waals surface area contributed by atoms with Crippen LogP contribution in [0.4, 0.5) is 0 Å². The lowest BCUT2D eigenvalue weighted by molar-refractivity contribution is -0.140. The van der Waals surface area contributed by atoms with E-state index in [-0.39, 0.29) is 23.1 Å². The van der Waals surface area contributed by atoms with Crippen molar-refractivity contribution in [3.63, 3.8) is 0 Å². The lowest BCUT2D eigenvalue weighted by Crippen LogP contribution is -2.39. The lowest BCUT2D eigenvalue weighted by atomic mass is 10.2. The smallest absolute Gasteiger partial charge is 0.243 e. The molecular weight excluding hydrogens is 248 g/mol. The lowest BCUT2D eigenvalue weighted by Gasteiger charge is -2.22. The van der Waals surface area contributed by atoms with Crippen LogP contribution in [0, 0.1) is 0 Å². The summed E-state index contributed by atoms with van der Waals surface area (Å²) in [5.74, 6) is 0.0742. The molecule has 0 aromatic heterocycles. The van der Waals surface area contributed by atoms with Gasteiger partial charge in [0, 0.05) is 17.7 Å². The predicted octanol–water partition coefficient (Wildman–Crippen LogP) is 1.53. The minimum absolute atomic E-state index is 0.0318. The average molecular weight is 270 g/mol. The zero-order valence-corrected chi connectivity index (χ0v) is 11.7. The Labute approximate surface area is 113 Å². The molecule has 4 nitrogen and oxygen atoms in total. The van der Waals surface area contributed by atoms with Crippen molar-refractivity contribution in [1.29, 1.82) is 0 Å². The summed E-state index contributed by atoms with van der Waals surface area (Å²) in [5, 5.41) is 0.180. The second-order valence-electron chi connectivity index (χ2n) is 5.26. The second kappa shape index (κ2) is 6.06. The first kappa shape index (κ1) is 13.9. The zero-order chi connectivity index (χ0) is 13.1. The first-order chi connectivity index (χ1) is 8.63. The number of nitrogens with two attached hydrogens (primary N) is 1. The first-order valence-corrected chi connectivity index (χ1v) is 7.79. The van der Waals surface area contributed by atoms with Crippen molar-refractivity contribution in [2.75, 3.05) is 6.54 Å². The van der Waals surface area contributed by atoms with Crippen LogP contribution in [0.5, 0.6) is 0 Å². The molecule has 2 N–H and O–H groups in total. The highest BCUT2D eigenvalue weighted by molar-refractivity contribution is 8.01. The number of hydrogen-bond acceptors (Lipinski definition) is 4. The Kier molecular flexibility index (Phi) is 4.67. The monoisotopic (exact) mass is 270 g/mol. The van der Waals surface area contributed by atoms with Gasteiger partial charge in [-0.2, -0.15) is 0 Å². The molecule has 2 atom stereocenters. The number of thioether (sulfide) groups is 1. The molecular formula is C13H22N2O2S. The van der Waals surface area contributed by atoms with E-state index in [1.165, 1.54) is 0 Å². The molecule has 0 spiro atoms. The standard InChI is InChI=1S/C13H22N2O2S/c1-9(6-7-14)18-11-8-12(16)15(13(11)17)10-4-2-3-5-10/h9-11H,2-8,14H2,1H3. The van der Waals surface area contributed by atoms with E-state index in [4.69, 9.17) is 5.73 Å². The molecule has 0 bridgehead atoms. The number of hydrogen-bond donors (Lipinski definition) is 1. The van der Waals surface area contributed by atoms with Crippen LogP contribution < -0.4 is 5.73 Å². The van der Waals surface area contributed by atoms with Crippen LogP contribution >= 0.6 is 11.8 Å². The van der Waals surface area contributed by atoms with Gasteiger partial charge >= 0.3 is 0 Å². The minimum Gasteiger partial charge on any atom is -0.330 e. The fraction of sp³-hybridized carbons (Fsp3) is 0.846. The van der Waals surface area contributed by atoms with Crippen molar-refractivity contribution in [1.82, 2.24) is 4.90 Å². The molecule has 1 heterocycles. The molecule has 2 amide bonds. The van der Waals surface area contributed by atoms with Crippen molar-refractivity contribution >= 4 is 23.6 Å². The van der Waals surface area contributed by atoms with Gasteiger partial charge in [-0.3, -0.25) is 14.5 Å². The number of likely N-dealkylation sites (tertiary alicyclic amines) is 1. The van der Waals surface area contributed by atoms with E-state index in [1.54, 1.807) is 16.7 Å². The third-order valence-corrected chi connectivity index (χ3v) is 5.20. The van der Waals surface area contributed by atoms with Crippen LogP contribution in [0.2, 0.25) is 0 Å². The highest BCUT2D eigenvalue weighted by atomic mass is 32.2. The van der Waals surface area contributed by atoms with Gasteiger partial charge in [-0.1, -0.05) is 19.8 Å². The fourth-order valence-corrected chi connectivity index (χ4v) is 4.16. The van der Waals surface area contributed by atoms with Gasteiger partial charge in [0.25, 0.3) is 0 Å². The van der Waals surface area contributed by atoms with Gasteiger partial charge in [0.05, 0.1) is 5.25 Å². The minimum atomic E-state index is -0.167. The summed E-state index contributed by atoms with van der Waals surface area (Å²) in [5.41, 5.74) is 5.52. The van der Waals surface area contributed by atoms with E-state index in [9.17, 15) is 9.59 Å². The van der Waals surface area contributed by atoms with Crippen LogP contribution in [-0.4, -0.2) is 39.8 Å². The van der Waals surface area contributed by atoms with Crippen molar-refractivity contribution in [2.45, 2.75) is 62.0 Å². The Morgan fingerprint density at radius 3 is 2.67 bits per heavy atom. The summed E-state index contributed by atoms with van der Waals surface area (Å²) in [6.07, 6.45) is 5.55. The van der Waals surface area contributed by atoms with Gasteiger partial charge in [-0.25, -0.2) is 0 Å². The van der Waals surface area contributed by atoms with Crippen LogP contribution in [-0.2, 0) is 9.59 Å². The highest BCUT2D eigenvalue weighted by Gasteiger charge is 2.43. The Bertz CT molecular complexity index is 329. The molecule has 1 saturated carbocycles. The summed E-state index contributed by atoms with van der Waals surface area (Å²) in [6.45, 7) is 2.71. The van der Waals surface area contributed by atoms with E-state index < -0.39 is 0 Å². The molecule has 0 aromatic carbocycles. The Balaban J connectivity index is 1.95. The molecule has 2 rings (SSSR count). The van der Waals surface area contributed by atoms with Gasteiger partial charge in [-0.05, 0) is 25.8 Å². The highest BCUT2D eigenvalue weighted by Crippen LogP contribution is 2.34. The topological polar surface area (TPSA) is 63.4 Å². The SMILES string of the molecule is CC(CCN)SC1CC(=O)N(C2CCCC2)C1=O. The fourth-order valence-electron chi connectivity index (χ4n) is 2.86. The molecule has 0 radical (unpaired) electrons. The molecule has 1 aliphatic carbocycles. The third kappa shape index (κ3) is 2.88. The van der Waals surface area contributed by atoms with Crippen molar-refractivity contribution in [3.05, 3.63) is 0 Å². The maximum absolute atomic E-state index is 12.3. The number of imide groups is 1. The Hall–Kier alpha value is -0.550. The van der Waals surface area contributed by atoms with E-state index in [2.05, 4.69) is 6.92 Å². The van der Waals surface area contributed by atoms with Gasteiger partial charge in [0.2, 0.25) is 11.8 Å². The Morgan fingerprint density at radius 1 is 1.39 bits per heavy atom. The largest absolute Gasteiger partial charge is 0.330 e. The first-order valence-electron chi connectivity index (χ1n) is 6.85. The van der Waals surface area contributed by atoms with E-state index >= 15 is 0 Å². The van der Waals surface area contributed by atoms with Crippen molar-refractivity contribution < 1.29 is 9.59 Å². The molecule has 2 fully saturated rings. The summed E-state index contributed by atoms with van der Waals surface area (Å²) in [4.78, 5) is 25.8. The van der Waals surface area contributed by atoms with Crippen LogP contribution in [0.25, 0.3) is 0 Å². The number of carbonyl (C=O) groups excluding carboxylic acids is 2. The average Bonchev–Trinajstić information content (AvgIpc) is 2.89. The van der Waals surface area contributed by atoms with Gasteiger partial charge < -0.3 is 5.73 Å². The number of rotatable bonds is 5. The maximum Gasteiger partial charge on any atom is 0.243 e.